The molecule has 2 heterocycles. The maximum atomic E-state index is 13.1. The lowest BCUT2D eigenvalue weighted by Gasteiger charge is -2.41. The Bertz CT molecular complexity index is 1350. The number of halogens is 1. The summed E-state index contributed by atoms with van der Waals surface area (Å²) in [6.45, 7) is 6.02. The molecule has 1 saturated heterocycles. The number of hydrogen-bond acceptors (Lipinski definition) is 5. The van der Waals surface area contributed by atoms with E-state index in [1.807, 2.05) is 60.4 Å². The molecule has 1 fully saturated rings. The van der Waals surface area contributed by atoms with Gasteiger partial charge in [0.25, 0.3) is 0 Å². The van der Waals surface area contributed by atoms with E-state index in [1.165, 1.54) is 5.57 Å². The Balaban J connectivity index is 1.27. The van der Waals surface area contributed by atoms with Crippen LogP contribution < -0.4 is 10.2 Å². The van der Waals surface area contributed by atoms with Gasteiger partial charge in [-0.15, -0.1) is 0 Å². The number of nitriles is 1. The zero-order valence-corrected chi connectivity index (χ0v) is 21.0. The van der Waals surface area contributed by atoms with Crippen LogP contribution in [0.3, 0.4) is 0 Å². The van der Waals surface area contributed by atoms with Gasteiger partial charge in [0.15, 0.2) is 0 Å². The molecular formula is C28H27ClN6O. The highest BCUT2D eigenvalue weighted by Crippen LogP contribution is 2.35. The number of anilines is 1. The van der Waals surface area contributed by atoms with E-state index in [-0.39, 0.29) is 18.1 Å². The number of carbonyl (C=O) groups is 1. The second-order valence-corrected chi connectivity index (χ2v) is 9.74. The van der Waals surface area contributed by atoms with Crippen LogP contribution in [0.2, 0.25) is 5.02 Å². The first-order valence-electron chi connectivity index (χ1n) is 12.1. The maximum Gasteiger partial charge on any atom is 0.318 e. The minimum absolute atomic E-state index is 0.0187. The van der Waals surface area contributed by atoms with Crippen LogP contribution in [0.25, 0.3) is 11.6 Å². The summed E-state index contributed by atoms with van der Waals surface area (Å²) in [4.78, 5) is 26.3. The molecule has 1 aliphatic carbocycles. The minimum atomic E-state index is -0.115. The van der Waals surface area contributed by atoms with Crippen LogP contribution in [0.1, 0.15) is 47.8 Å². The van der Waals surface area contributed by atoms with E-state index in [9.17, 15) is 4.79 Å². The number of nitrogens with zero attached hydrogens (tertiary/aromatic N) is 5. The number of aromatic nitrogens is 2. The van der Waals surface area contributed by atoms with Crippen molar-refractivity contribution in [3.05, 3.63) is 87.8 Å². The Hall–Kier alpha value is -3.89. The van der Waals surface area contributed by atoms with E-state index in [0.29, 0.717) is 30.2 Å². The monoisotopic (exact) mass is 498 g/mol. The summed E-state index contributed by atoms with van der Waals surface area (Å²) < 4.78 is 0. The highest BCUT2D eigenvalue weighted by molar-refractivity contribution is 6.30. The van der Waals surface area contributed by atoms with Gasteiger partial charge in [-0.2, -0.15) is 5.26 Å². The smallest absolute Gasteiger partial charge is 0.318 e. The van der Waals surface area contributed by atoms with Crippen molar-refractivity contribution in [2.45, 2.75) is 32.4 Å². The highest BCUT2D eigenvalue weighted by Gasteiger charge is 2.31. The average molecular weight is 499 g/mol. The molecule has 0 radical (unpaired) electrons. The molecule has 36 heavy (non-hydrogen) atoms. The van der Waals surface area contributed by atoms with Crippen LogP contribution >= 0.6 is 11.6 Å². The number of fused-ring (bicyclic) bond motifs is 1. The number of rotatable bonds is 4. The summed E-state index contributed by atoms with van der Waals surface area (Å²) in [5.41, 5.74) is 5.96. The fourth-order valence-electron chi connectivity index (χ4n) is 4.87. The number of nitrogens with one attached hydrogen (secondary N) is 1. The molecule has 0 bridgehead atoms. The standard InChI is InChI=1S/C28H27ClN6O/c1-18-16-34(11-12-35(18)28(36)33-19(2)21-7-9-24(29)10-8-21)27-25-13-23(14-26(25)31-17-32-27)22-5-3-20(15-30)4-6-22/h3-10,13,17-19H,11-12,14,16H2,1-2H3,(H,33,36)/t18-,19+/m1/s1. The molecule has 2 aromatic carbocycles. The van der Waals surface area contributed by atoms with Crippen molar-refractivity contribution in [1.29, 1.82) is 5.26 Å². The van der Waals surface area contributed by atoms with Crippen LogP contribution in [0.15, 0.2) is 54.9 Å². The molecule has 1 N–H and O–H groups in total. The van der Waals surface area contributed by atoms with E-state index in [2.05, 4.69) is 39.3 Å². The third kappa shape index (κ3) is 4.77. The van der Waals surface area contributed by atoms with Gasteiger partial charge < -0.3 is 15.1 Å². The highest BCUT2D eigenvalue weighted by atomic mass is 35.5. The fourth-order valence-corrected chi connectivity index (χ4v) is 4.99. The number of allylic oxidation sites excluding steroid dienone is 1. The van der Waals surface area contributed by atoms with Crippen LogP contribution in [0.4, 0.5) is 10.6 Å². The normalized spacial score (nSPS) is 17.7. The Labute approximate surface area is 216 Å². The number of amides is 2. The average Bonchev–Trinajstić information content (AvgIpc) is 3.33. The predicted octanol–water partition coefficient (Wildman–Crippen LogP) is 5.08. The molecule has 3 aromatic rings. The Morgan fingerprint density at radius 2 is 1.89 bits per heavy atom. The van der Waals surface area contributed by atoms with Crippen molar-refractivity contribution in [3.8, 4) is 6.07 Å². The molecule has 7 nitrogen and oxygen atoms in total. The van der Waals surface area contributed by atoms with Gasteiger partial charge >= 0.3 is 6.03 Å². The Morgan fingerprint density at radius 1 is 1.14 bits per heavy atom. The lowest BCUT2D eigenvalue weighted by Crippen LogP contribution is -2.57. The van der Waals surface area contributed by atoms with E-state index in [4.69, 9.17) is 16.9 Å². The minimum Gasteiger partial charge on any atom is -0.352 e. The van der Waals surface area contributed by atoms with E-state index in [1.54, 1.807) is 6.33 Å². The molecule has 0 spiro atoms. The zero-order chi connectivity index (χ0) is 25.2. The first-order chi connectivity index (χ1) is 17.4. The molecule has 182 valence electrons. The number of hydrogen-bond donors (Lipinski definition) is 1. The molecule has 8 heteroatoms. The molecule has 5 rings (SSSR count). The largest absolute Gasteiger partial charge is 0.352 e. The van der Waals surface area contributed by atoms with Crippen LogP contribution in [0, 0.1) is 11.3 Å². The van der Waals surface area contributed by atoms with E-state index >= 15 is 0 Å². The van der Waals surface area contributed by atoms with Crippen molar-refractivity contribution in [1.82, 2.24) is 20.2 Å². The van der Waals surface area contributed by atoms with Gasteiger partial charge in [0.1, 0.15) is 12.1 Å². The summed E-state index contributed by atoms with van der Waals surface area (Å²) in [5.74, 6) is 0.907. The van der Waals surface area contributed by atoms with Crippen molar-refractivity contribution >= 4 is 35.1 Å². The first-order valence-corrected chi connectivity index (χ1v) is 12.4. The van der Waals surface area contributed by atoms with Gasteiger partial charge in [-0.05, 0) is 60.9 Å². The molecule has 2 atom stereocenters. The van der Waals surface area contributed by atoms with Crippen LogP contribution in [0.5, 0.6) is 0 Å². The van der Waals surface area contributed by atoms with Gasteiger partial charge in [-0.25, -0.2) is 14.8 Å². The molecular weight excluding hydrogens is 472 g/mol. The molecule has 1 aliphatic heterocycles. The second kappa shape index (κ2) is 10.00. The van der Waals surface area contributed by atoms with Crippen LogP contribution in [-0.2, 0) is 6.42 Å². The van der Waals surface area contributed by atoms with Crippen molar-refractivity contribution < 1.29 is 4.79 Å². The lowest BCUT2D eigenvalue weighted by atomic mass is 10.0. The van der Waals surface area contributed by atoms with Crippen molar-refractivity contribution in [3.63, 3.8) is 0 Å². The molecule has 0 unspecified atom stereocenters. The molecule has 2 aliphatic rings. The molecule has 1 aromatic heterocycles. The summed E-state index contributed by atoms with van der Waals surface area (Å²) >= 11 is 5.99. The SMILES string of the molecule is C[C@H](NC(=O)N1CCN(c2ncnc3c2C=C(c2ccc(C#N)cc2)C3)C[C@H]1C)c1ccc(Cl)cc1. The summed E-state index contributed by atoms with van der Waals surface area (Å²) in [6.07, 6.45) is 4.52. The summed E-state index contributed by atoms with van der Waals surface area (Å²) in [5, 5.41) is 12.9. The van der Waals surface area contributed by atoms with Gasteiger partial charge in [0.05, 0.1) is 23.4 Å². The van der Waals surface area contributed by atoms with Gasteiger partial charge in [-0.1, -0.05) is 35.9 Å². The zero-order valence-electron chi connectivity index (χ0n) is 20.3. The number of benzene rings is 2. The van der Waals surface area contributed by atoms with E-state index < -0.39 is 0 Å². The van der Waals surface area contributed by atoms with Gasteiger partial charge in [-0.3, -0.25) is 0 Å². The summed E-state index contributed by atoms with van der Waals surface area (Å²) in [6, 6.07) is 17.2. The quantitative estimate of drug-likeness (QED) is 0.542. The first kappa shape index (κ1) is 23.8. The number of piperazine rings is 1. The van der Waals surface area contributed by atoms with Gasteiger partial charge in [0, 0.05) is 42.7 Å². The summed E-state index contributed by atoms with van der Waals surface area (Å²) in [7, 11) is 0. The third-order valence-electron chi connectivity index (χ3n) is 6.90. The van der Waals surface area contributed by atoms with E-state index in [0.717, 1.165) is 34.6 Å². The number of urea groups is 1. The van der Waals surface area contributed by atoms with Gasteiger partial charge in [0.2, 0.25) is 0 Å². The Morgan fingerprint density at radius 3 is 2.58 bits per heavy atom. The van der Waals surface area contributed by atoms with Crippen LogP contribution in [-0.4, -0.2) is 46.6 Å². The predicted molar refractivity (Wildman–Crippen MR) is 142 cm³/mol. The van der Waals surface area contributed by atoms with Crippen molar-refractivity contribution in [2.24, 2.45) is 0 Å². The number of carbonyl (C=O) groups excluding carboxylic acids is 1. The fraction of sp³-hybridized carbons (Fsp3) is 0.286. The Kier molecular flexibility index (Phi) is 6.62. The lowest BCUT2D eigenvalue weighted by molar-refractivity contribution is 0.168. The second-order valence-electron chi connectivity index (χ2n) is 9.30. The van der Waals surface area contributed by atoms with Crippen molar-refractivity contribution in [2.75, 3.05) is 24.5 Å². The third-order valence-corrected chi connectivity index (χ3v) is 7.16. The molecule has 2 amide bonds. The maximum absolute atomic E-state index is 13.1. The molecule has 0 saturated carbocycles. The topological polar surface area (TPSA) is 85.2 Å².